The average molecular weight is 426 g/mol. The Hall–Kier alpha value is -2.64. The van der Waals surface area contributed by atoms with Crippen LogP contribution in [0.15, 0.2) is 10.9 Å². The van der Waals surface area contributed by atoms with Gasteiger partial charge >= 0.3 is 0 Å². The van der Waals surface area contributed by atoms with Crippen molar-refractivity contribution in [3.8, 4) is 0 Å². The van der Waals surface area contributed by atoms with Crippen LogP contribution in [0.2, 0.25) is 0 Å². The van der Waals surface area contributed by atoms with Crippen molar-refractivity contribution in [2.75, 3.05) is 19.6 Å². The molecule has 2 aliphatic heterocycles. The van der Waals surface area contributed by atoms with Gasteiger partial charge in [0.1, 0.15) is 0 Å². The molecule has 1 saturated carbocycles. The molecule has 1 saturated heterocycles. The molecule has 1 aliphatic carbocycles. The van der Waals surface area contributed by atoms with E-state index in [9.17, 15) is 14.4 Å². The zero-order valence-electron chi connectivity index (χ0n) is 18.4. The fourth-order valence-electron chi connectivity index (χ4n) is 4.90. The van der Waals surface area contributed by atoms with E-state index in [1.165, 1.54) is 4.52 Å². The summed E-state index contributed by atoms with van der Waals surface area (Å²) in [6.07, 6.45) is 5.35. The fourth-order valence-corrected chi connectivity index (χ4v) is 4.90. The van der Waals surface area contributed by atoms with Crippen molar-refractivity contribution in [2.24, 2.45) is 11.8 Å². The van der Waals surface area contributed by atoms with Crippen LogP contribution in [0.1, 0.15) is 68.8 Å². The summed E-state index contributed by atoms with van der Waals surface area (Å²) in [6, 6.07) is 1.96. The highest BCUT2D eigenvalue weighted by molar-refractivity contribution is 5.81. The lowest BCUT2D eigenvalue weighted by molar-refractivity contribution is -0.136. The third-order valence-corrected chi connectivity index (χ3v) is 7.23. The number of likely N-dealkylation sites (tertiary alicyclic amines) is 1. The summed E-state index contributed by atoms with van der Waals surface area (Å²) in [5.41, 5.74) is 2.92. The Morgan fingerprint density at radius 2 is 2.03 bits per heavy atom. The van der Waals surface area contributed by atoms with Crippen molar-refractivity contribution in [2.45, 2.75) is 64.8 Å². The van der Waals surface area contributed by atoms with Crippen molar-refractivity contribution >= 4 is 17.5 Å². The molecule has 0 aromatic carbocycles. The molecular formula is C23H31N5O3. The van der Waals surface area contributed by atoms with Gasteiger partial charge in [0.05, 0.1) is 17.8 Å². The van der Waals surface area contributed by atoms with E-state index in [0.29, 0.717) is 37.3 Å². The highest BCUT2D eigenvalue weighted by Crippen LogP contribution is 2.32. The minimum absolute atomic E-state index is 0.0405. The van der Waals surface area contributed by atoms with E-state index >= 15 is 0 Å². The van der Waals surface area contributed by atoms with Gasteiger partial charge in [-0.15, -0.1) is 0 Å². The number of nitrogens with one attached hydrogen (secondary N) is 1. The summed E-state index contributed by atoms with van der Waals surface area (Å²) in [4.78, 5) is 46.9. The van der Waals surface area contributed by atoms with Gasteiger partial charge in [-0.25, -0.2) is 9.50 Å². The number of hydrogen-bond donors (Lipinski definition) is 1. The van der Waals surface area contributed by atoms with Crippen LogP contribution in [0.5, 0.6) is 0 Å². The summed E-state index contributed by atoms with van der Waals surface area (Å²) in [6.45, 7) is 6.50. The van der Waals surface area contributed by atoms with Crippen LogP contribution >= 0.6 is 0 Å². The number of rotatable bonds is 4. The van der Waals surface area contributed by atoms with E-state index in [1.807, 2.05) is 29.7 Å². The molecule has 1 N–H and O–H groups in total. The molecule has 0 bridgehead atoms. The second-order valence-electron chi connectivity index (χ2n) is 9.46. The van der Waals surface area contributed by atoms with Crippen molar-refractivity contribution in [3.05, 3.63) is 33.4 Å². The predicted octanol–water partition coefficient (Wildman–Crippen LogP) is 2.07. The number of carbonyl (C=O) groups is 2. The Bertz CT molecular complexity index is 1080. The molecule has 4 heterocycles. The van der Waals surface area contributed by atoms with Gasteiger partial charge < -0.3 is 9.80 Å². The summed E-state index contributed by atoms with van der Waals surface area (Å²) in [5, 5.41) is 3.27. The van der Waals surface area contributed by atoms with E-state index in [2.05, 4.69) is 5.10 Å². The maximum Gasteiger partial charge on any atom is 0.277 e. The number of aromatic amines is 1. The van der Waals surface area contributed by atoms with Gasteiger partial charge in [-0.2, -0.15) is 0 Å². The van der Waals surface area contributed by atoms with Crippen LogP contribution in [-0.2, 0) is 22.6 Å². The second kappa shape index (κ2) is 7.80. The molecule has 0 unspecified atom stereocenters. The van der Waals surface area contributed by atoms with Crippen LogP contribution in [0.4, 0.5) is 0 Å². The molecule has 5 rings (SSSR count). The highest BCUT2D eigenvalue weighted by Gasteiger charge is 2.36. The lowest BCUT2D eigenvalue weighted by atomic mass is 9.93. The van der Waals surface area contributed by atoms with Crippen LogP contribution in [0, 0.1) is 11.8 Å². The molecule has 2 aromatic rings. The Kier molecular flexibility index (Phi) is 5.10. The third kappa shape index (κ3) is 3.66. The number of carbonyl (C=O) groups excluding carboxylic acids is 2. The van der Waals surface area contributed by atoms with Crippen molar-refractivity contribution < 1.29 is 9.59 Å². The topological polar surface area (TPSA) is 90.8 Å². The third-order valence-electron chi connectivity index (χ3n) is 7.23. The monoisotopic (exact) mass is 425 g/mol. The molecule has 8 heteroatoms. The first-order valence-corrected chi connectivity index (χ1v) is 11.7. The number of H-pyrrole nitrogens is 1. The van der Waals surface area contributed by atoms with Gasteiger partial charge in [0, 0.05) is 55.6 Å². The van der Waals surface area contributed by atoms with Gasteiger partial charge in [0.15, 0.2) is 5.65 Å². The minimum Gasteiger partial charge on any atom is -0.342 e. The number of fused-ring (bicyclic) bond motifs is 2. The first-order chi connectivity index (χ1) is 15.0. The number of amides is 2. The maximum absolute atomic E-state index is 13.2. The number of hydrogen-bond acceptors (Lipinski definition) is 4. The van der Waals surface area contributed by atoms with Gasteiger partial charge in [-0.1, -0.05) is 13.8 Å². The van der Waals surface area contributed by atoms with Crippen molar-refractivity contribution in [3.63, 3.8) is 0 Å². The van der Waals surface area contributed by atoms with E-state index < -0.39 is 0 Å². The Morgan fingerprint density at radius 1 is 1.23 bits per heavy atom. The van der Waals surface area contributed by atoms with Crippen molar-refractivity contribution in [1.82, 2.24) is 24.4 Å². The van der Waals surface area contributed by atoms with E-state index in [-0.39, 0.29) is 35.1 Å². The number of piperidine rings is 1. The minimum atomic E-state index is -0.108. The van der Waals surface area contributed by atoms with Crippen LogP contribution in [0.25, 0.3) is 5.65 Å². The number of aromatic nitrogens is 3. The first kappa shape index (κ1) is 20.3. The van der Waals surface area contributed by atoms with Gasteiger partial charge in [0.25, 0.3) is 5.56 Å². The Morgan fingerprint density at radius 3 is 2.77 bits per heavy atom. The molecule has 2 amide bonds. The SMILES string of the molecule is CC[C@@H](C)C(=O)N1CCC[C@H](c2cc3nc4c(c(=O)n3[nH]2)CN(C(=O)C2CC2)CC4)C1. The molecule has 166 valence electrons. The zero-order valence-corrected chi connectivity index (χ0v) is 18.4. The second-order valence-corrected chi connectivity index (χ2v) is 9.46. The normalized spacial score (nSPS) is 22.5. The quantitative estimate of drug-likeness (QED) is 0.812. The van der Waals surface area contributed by atoms with Crippen LogP contribution < -0.4 is 5.56 Å². The molecule has 31 heavy (non-hydrogen) atoms. The van der Waals surface area contributed by atoms with Crippen LogP contribution in [-0.4, -0.2) is 55.8 Å². The van der Waals surface area contributed by atoms with Crippen molar-refractivity contribution in [1.29, 1.82) is 0 Å². The lowest BCUT2D eigenvalue weighted by Crippen LogP contribution is -2.41. The molecule has 2 atom stereocenters. The number of nitrogens with zero attached hydrogens (tertiary/aromatic N) is 4. The highest BCUT2D eigenvalue weighted by atomic mass is 16.2. The van der Waals surface area contributed by atoms with E-state index in [1.54, 1.807) is 0 Å². The smallest absolute Gasteiger partial charge is 0.277 e. The zero-order chi connectivity index (χ0) is 21.7. The summed E-state index contributed by atoms with van der Waals surface area (Å²) < 4.78 is 1.52. The van der Waals surface area contributed by atoms with Gasteiger partial charge in [-0.3, -0.25) is 19.5 Å². The Labute approximate surface area is 181 Å². The van der Waals surface area contributed by atoms with E-state index in [0.717, 1.165) is 50.0 Å². The predicted molar refractivity (Wildman–Crippen MR) is 116 cm³/mol. The standard InChI is InChI=1S/C23H31N5O3/c1-3-14(2)21(29)26-9-4-5-16(12-26)19-11-20-24-18-8-10-27(22(30)15-6-7-15)13-17(18)23(31)28(20)25-19/h11,14-16,25H,3-10,12-13H2,1-2H3/t14-,16+/m1/s1. The van der Waals surface area contributed by atoms with E-state index in [4.69, 9.17) is 4.98 Å². The summed E-state index contributed by atoms with van der Waals surface area (Å²) in [5.74, 6) is 0.766. The molecule has 0 radical (unpaired) electrons. The van der Waals surface area contributed by atoms with Gasteiger partial charge in [0.2, 0.25) is 11.8 Å². The average Bonchev–Trinajstić information content (AvgIpc) is 3.56. The molecular weight excluding hydrogens is 394 g/mol. The van der Waals surface area contributed by atoms with Gasteiger partial charge in [-0.05, 0) is 32.1 Å². The summed E-state index contributed by atoms with van der Waals surface area (Å²) >= 11 is 0. The van der Waals surface area contributed by atoms with Crippen LogP contribution in [0.3, 0.4) is 0 Å². The molecule has 2 aromatic heterocycles. The molecule has 2 fully saturated rings. The largest absolute Gasteiger partial charge is 0.342 e. The fraction of sp³-hybridized carbons (Fsp3) is 0.652. The summed E-state index contributed by atoms with van der Waals surface area (Å²) in [7, 11) is 0. The molecule has 0 spiro atoms. The maximum atomic E-state index is 13.2. The first-order valence-electron chi connectivity index (χ1n) is 11.7. The Balaban J connectivity index is 1.40. The molecule has 8 nitrogen and oxygen atoms in total. The lowest BCUT2D eigenvalue weighted by Gasteiger charge is -2.33. The molecule has 3 aliphatic rings.